The number of likely N-dealkylation sites (tertiary alicyclic amines) is 1. The van der Waals surface area contributed by atoms with Crippen molar-refractivity contribution in [1.82, 2.24) is 4.90 Å². The number of thioether (sulfide) groups is 1. The molecule has 36 heavy (non-hydrogen) atoms. The van der Waals surface area contributed by atoms with Gasteiger partial charge in [-0.15, -0.1) is 18.3 Å². The highest BCUT2D eigenvalue weighted by Crippen LogP contribution is 2.71. The molecule has 4 rings (SSSR count). The van der Waals surface area contributed by atoms with Crippen LogP contribution < -0.4 is 4.90 Å². The number of anilines is 1. The molecule has 2 amide bonds. The number of carboxylic acid groups (broad SMARTS) is 1. The van der Waals surface area contributed by atoms with Crippen molar-refractivity contribution >= 4 is 35.2 Å². The van der Waals surface area contributed by atoms with Crippen molar-refractivity contribution in [1.29, 1.82) is 0 Å². The van der Waals surface area contributed by atoms with E-state index in [4.69, 9.17) is 0 Å². The van der Waals surface area contributed by atoms with E-state index in [9.17, 15) is 24.6 Å². The van der Waals surface area contributed by atoms with Crippen LogP contribution in [0.25, 0.3) is 0 Å². The van der Waals surface area contributed by atoms with E-state index in [-0.39, 0.29) is 30.9 Å². The van der Waals surface area contributed by atoms with Crippen LogP contribution in [0.3, 0.4) is 0 Å². The number of carbonyl (C=O) groups excluding carboxylic acids is 2. The molecule has 7 nitrogen and oxygen atoms in total. The van der Waals surface area contributed by atoms with Gasteiger partial charge in [0, 0.05) is 17.0 Å². The second kappa shape index (κ2) is 9.53. The first kappa shape index (κ1) is 26.7. The van der Waals surface area contributed by atoms with Gasteiger partial charge in [-0.3, -0.25) is 14.4 Å². The molecule has 1 aromatic rings. The zero-order chi connectivity index (χ0) is 26.6. The minimum absolute atomic E-state index is 0.0564. The molecular weight excluding hydrogens is 476 g/mol. The van der Waals surface area contributed by atoms with Crippen LogP contribution in [-0.4, -0.2) is 67.6 Å². The van der Waals surface area contributed by atoms with Gasteiger partial charge in [0.25, 0.3) is 5.91 Å². The summed E-state index contributed by atoms with van der Waals surface area (Å²) in [7, 11) is 0. The summed E-state index contributed by atoms with van der Waals surface area (Å²) >= 11 is 1.52. The number of rotatable bonds is 9. The van der Waals surface area contributed by atoms with Gasteiger partial charge < -0.3 is 20.0 Å². The van der Waals surface area contributed by atoms with Gasteiger partial charge in [0.2, 0.25) is 5.91 Å². The first-order valence-corrected chi connectivity index (χ1v) is 13.6. The van der Waals surface area contributed by atoms with E-state index in [1.165, 1.54) is 11.8 Å². The SMILES string of the molecule is C=CCN(C(=O)C1N([C@@H](CO)[C@@H](C)CC)C(=O)[C@@H]2[C@H](C(=O)O)[C@]3(C)CCC12S3)c1cc(C)ccc1C. The Hall–Kier alpha value is -2.32. The van der Waals surface area contributed by atoms with Crippen molar-refractivity contribution in [2.75, 3.05) is 18.1 Å². The number of aliphatic carboxylic acids is 1. The molecule has 0 aliphatic carbocycles. The molecule has 2 N–H and O–H groups in total. The molecule has 2 unspecified atom stereocenters. The summed E-state index contributed by atoms with van der Waals surface area (Å²) in [5, 5.41) is 20.7. The molecule has 8 heteroatoms. The van der Waals surface area contributed by atoms with E-state index in [2.05, 4.69) is 6.58 Å². The van der Waals surface area contributed by atoms with E-state index in [0.29, 0.717) is 19.3 Å². The van der Waals surface area contributed by atoms with Gasteiger partial charge in [0.15, 0.2) is 0 Å². The topological polar surface area (TPSA) is 98.2 Å². The minimum Gasteiger partial charge on any atom is -0.481 e. The van der Waals surface area contributed by atoms with E-state index >= 15 is 0 Å². The number of aryl methyl sites for hydroxylation is 2. The van der Waals surface area contributed by atoms with Crippen LogP contribution in [0, 0.1) is 31.6 Å². The average Bonchev–Trinajstić information content (AvgIpc) is 3.40. The van der Waals surface area contributed by atoms with Gasteiger partial charge >= 0.3 is 5.97 Å². The van der Waals surface area contributed by atoms with Gasteiger partial charge in [-0.05, 0) is 56.7 Å². The highest BCUT2D eigenvalue weighted by Gasteiger charge is 2.78. The number of aliphatic hydroxyl groups is 1. The maximum atomic E-state index is 14.6. The van der Waals surface area contributed by atoms with Gasteiger partial charge in [-0.2, -0.15) is 0 Å². The maximum absolute atomic E-state index is 14.6. The van der Waals surface area contributed by atoms with Crippen LogP contribution >= 0.6 is 11.8 Å². The van der Waals surface area contributed by atoms with Crippen molar-refractivity contribution < 1.29 is 24.6 Å². The van der Waals surface area contributed by atoms with E-state index in [1.54, 1.807) is 15.9 Å². The smallest absolute Gasteiger partial charge is 0.308 e. The van der Waals surface area contributed by atoms with Gasteiger partial charge in [-0.25, -0.2) is 0 Å². The Labute approximate surface area is 217 Å². The predicted molar refractivity (Wildman–Crippen MR) is 142 cm³/mol. The lowest BCUT2D eigenvalue weighted by molar-refractivity contribution is -0.151. The summed E-state index contributed by atoms with van der Waals surface area (Å²) in [5.74, 6) is -3.25. The third kappa shape index (κ3) is 3.79. The summed E-state index contributed by atoms with van der Waals surface area (Å²) in [6.45, 7) is 13.7. The lowest BCUT2D eigenvalue weighted by atomic mass is 9.66. The summed E-state index contributed by atoms with van der Waals surface area (Å²) in [6.07, 6.45) is 3.62. The molecule has 1 spiro atoms. The zero-order valence-corrected chi connectivity index (χ0v) is 22.7. The minimum atomic E-state index is -0.987. The second-order valence-electron chi connectivity index (χ2n) is 11.0. The quantitative estimate of drug-likeness (QED) is 0.487. The second-order valence-corrected chi connectivity index (χ2v) is 12.9. The van der Waals surface area contributed by atoms with Crippen molar-refractivity contribution in [3.8, 4) is 0 Å². The fourth-order valence-electron chi connectivity index (χ4n) is 6.78. The molecule has 0 saturated carbocycles. The molecule has 0 aromatic heterocycles. The normalized spacial score (nSPS) is 32.3. The van der Waals surface area contributed by atoms with Crippen LogP contribution in [0.1, 0.15) is 51.2 Å². The molecular formula is C28H38N2O5S. The van der Waals surface area contributed by atoms with Crippen LogP contribution in [-0.2, 0) is 14.4 Å². The highest BCUT2D eigenvalue weighted by molar-refractivity contribution is 8.02. The number of benzene rings is 1. The molecule has 1 aromatic carbocycles. The lowest BCUT2D eigenvalue weighted by Gasteiger charge is -2.41. The van der Waals surface area contributed by atoms with Crippen LogP contribution in [0.4, 0.5) is 5.69 Å². The van der Waals surface area contributed by atoms with Crippen molar-refractivity contribution in [3.05, 3.63) is 42.0 Å². The number of amides is 2. The predicted octanol–water partition coefficient (Wildman–Crippen LogP) is 3.80. The number of fused-ring (bicyclic) bond motifs is 1. The molecule has 3 fully saturated rings. The molecule has 7 atom stereocenters. The lowest BCUT2D eigenvalue weighted by Crippen LogP contribution is -2.58. The number of hydrogen-bond acceptors (Lipinski definition) is 5. The molecule has 196 valence electrons. The van der Waals surface area contributed by atoms with E-state index in [0.717, 1.165) is 16.8 Å². The molecule has 0 radical (unpaired) electrons. The largest absolute Gasteiger partial charge is 0.481 e. The number of hydrogen-bond donors (Lipinski definition) is 2. The molecule has 3 heterocycles. The third-order valence-corrected chi connectivity index (χ3v) is 10.8. The maximum Gasteiger partial charge on any atom is 0.308 e. The van der Waals surface area contributed by atoms with Crippen LogP contribution in [0.2, 0.25) is 0 Å². The first-order chi connectivity index (χ1) is 17.0. The van der Waals surface area contributed by atoms with Gasteiger partial charge in [0.1, 0.15) is 6.04 Å². The van der Waals surface area contributed by atoms with E-state index in [1.807, 2.05) is 52.8 Å². The zero-order valence-electron chi connectivity index (χ0n) is 21.9. The summed E-state index contributed by atoms with van der Waals surface area (Å²) in [5.41, 5.74) is 2.70. The van der Waals surface area contributed by atoms with Crippen molar-refractivity contribution in [2.24, 2.45) is 17.8 Å². The van der Waals surface area contributed by atoms with Crippen molar-refractivity contribution in [3.63, 3.8) is 0 Å². The summed E-state index contributed by atoms with van der Waals surface area (Å²) < 4.78 is -1.45. The number of carbonyl (C=O) groups is 3. The first-order valence-electron chi connectivity index (χ1n) is 12.8. The monoisotopic (exact) mass is 514 g/mol. The van der Waals surface area contributed by atoms with Crippen LogP contribution in [0.15, 0.2) is 30.9 Å². The Morgan fingerprint density at radius 1 is 1.33 bits per heavy atom. The van der Waals surface area contributed by atoms with Gasteiger partial charge in [0.05, 0.1) is 29.2 Å². The molecule has 3 aliphatic heterocycles. The standard InChI is InChI=1S/C28H38N2O5S/c1-7-13-29(19-14-16(3)9-10-18(19)5)25(33)23-28-12-11-27(6,36-28)22(26(34)35)21(28)24(32)30(23)20(15-31)17(4)8-2/h7,9-10,14,17,20-23,31H,1,8,11-13,15H2,2-6H3,(H,34,35)/t17-,20-,21-,22+,23?,27-,28?/m0/s1. The van der Waals surface area contributed by atoms with Crippen LogP contribution in [0.5, 0.6) is 0 Å². The molecule has 3 saturated heterocycles. The Balaban J connectivity index is 1.90. The van der Waals surface area contributed by atoms with Gasteiger partial charge in [-0.1, -0.05) is 38.5 Å². The summed E-state index contributed by atoms with van der Waals surface area (Å²) in [4.78, 5) is 44.5. The Bertz CT molecular complexity index is 1090. The third-order valence-electron chi connectivity index (χ3n) is 8.79. The fraction of sp³-hybridized carbons (Fsp3) is 0.607. The molecule has 2 bridgehead atoms. The Morgan fingerprint density at radius 2 is 2.03 bits per heavy atom. The Kier molecular flexibility index (Phi) is 7.07. The molecule has 3 aliphatic rings. The fourth-order valence-corrected chi connectivity index (χ4v) is 9.11. The number of aliphatic hydroxyl groups excluding tert-OH is 1. The number of carboxylic acids is 1. The average molecular weight is 515 g/mol. The highest BCUT2D eigenvalue weighted by atomic mass is 32.2. The summed E-state index contributed by atoms with van der Waals surface area (Å²) in [6, 6.07) is 4.50. The van der Waals surface area contributed by atoms with E-state index < -0.39 is 39.4 Å². The van der Waals surface area contributed by atoms with Crippen molar-refractivity contribution in [2.45, 2.75) is 75.5 Å². The number of nitrogens with zero attached hydrogens (tertiary/aromatic N) is 2. The Morgan fingerprint density at radius 3 is 2.61 bits per heavy atom.